The van der Waals surface area contributed by atoms with Gasteiger partial charge in [0.25, 0.3) is 0 Å². The molecule has 0 aliphatic carbocycles. The van der Waals surface area contributed by atoms with Crippen LogP contribution in [0.15, 0.2) is 29.6 Å². The Morgan fingerprint density at radius 1 is 1.36 bits per heavy atom. The highest BCUT2D eigenvalue weighted by molar-refractivity contribution is 5.96. The summed E-state index contributed by atoms with van der Waals surface area (Å²) >= 11 is 0. The summed E-state index contributed by atoms with van der Waals surface area (Å²) in [5.74, 6) is -0.122. The molecule has 3 aromatic rings. The molecule has 0 saturated heterocycles. The predicted octanol–water partition coefficient (Wildman–Crippen LogP) is 2.07. The minimum absolute atomic E-state index is 0.0524. The monoisotopic (exact) mass is 388 g/mol. The first-order valence-corrected chi connectivity index (χ1v) is 8.62. The molecule has 11 heteroatoms. The van der Waals surface area contributed by atoms with E-state index in [1.54, 1.807) is 34.6 Å². The van der Waals surface area contributed by atoms with Gasteiger partial charge in [0.2, 0.25) is 11.8 Å². The molecule has 3 rings (SSSR count). The maximum Gasteiger partial charge on any atom is 0.243 e. The quantitative estimate of drug-likeness (QED) is 0.220. The zero-order valence-electron chi connectivity index (χ0n) is 15.2. The molecule has 28 heavy (non-hydrogen) atoms. The summed E-state index contributed by atoms with van der Waals surface area (Å²) in [6.45, 7) is 0.763. The molecule has 148 valence electrons. The van der Waals surface area contributed by atoms with Gasteiger partial charge in [-0.25, -0.2) is 5.48 Å². The van der Waals surface area contributed by atoms with E-state index in [0.29, 0.717) is 41.7 Å². The number of aromatic hydroxyl groups is 1. The number of benzene rings is 1. The van der Waals surface area contributed by atoms with Crippen molar-refractivity contribution >= 4 is 22.5 Å². The lowest BCUT2D eigenvalue weighted by Crippen LogP contribution is -2.18. The van der Waals surface area contributed by atoms with Gasteiger partial charge in [0, 0.05) is 18.4 Å². The van der Waals surface area contributed by atoms with Gasteiger partial charge in [0.15, 0.2) is 5.69 Å². The lowest BCUT2D eigenvalue weighted by molar-refractivity contribution is -0.129. The van der Waals surface area contributed by atoms with Gasteiger partial charge in [-0.2, -0.15) is 0 Å². The molecule has 1 aromatic carbocycles. The molecule has 0 bridgehead atoms. The van der Waals surface area contributed by atoms with E-state index in [2.05, 4.69) is 15.5 Å². The van der Waals surface area contributed by atoms with Crippen LogP contribution in [0.25, 0.3) is 10.9 Å². The maximum absolute atomic E-state index is 11.2. The van der Waals surface area contributed by atoms with Crippen LogP contribution >= 0.6 is 0 Å². The standard InChI is InChI=1S/C17H20N6O5/c1-28-12-5-6-14-13(8-12)16(20-27)17(25)23(14)10-11-9-22(21-18-11)7-3-2-4-15(24)19-26/h5-6,8-9,25-26H,2-4,7,10H2,1H3,(H,19,24). The number of nitrogens with one attached hydrogen (secondary N) is 1. The first-order valence-electron chi connectivity index (χ1n) is 8.62. The summed E-state index contributed by atoms with van der Waals surface area (Å²) in [6, 6.07) is 5.10. The lowest BCUT2D eigenvalue weighted by Gasteiger charge is -2.05. The number of carbonyl (C=O) groups excluding carboxylic acids is 1. The van der Waals surface area contributed by atoms with Gasteiger partial charge < -0.3 is 14.4 Å². The number of methoxy groups -OCH3 is 1. The fraction of sp³-hybridized carbons (Fsp3) is 0.353. The van der Waals surface area contributed by atoms with Crippen LogP contribution < -0.4 is 10.2 Å². The van der Waals surface area contributed by atoms with E-state index in [0.717, 1.165) is 0 Å². The number of unbranched alkanes of at least 4 members (excludes halogenated alkanes) is 1. The number of amides is 1. The predicted molar refractivity (Wildman–Crippen MR) is 98.5 cm³/mol. The van der Waals surface area contributed by atoms with Crippen LogP contribution in [-0.4, -0.2) is 42.9 Å². The molecule has 0 spiro atoms. The van der Waals surface area contributed by atoms with E-state index in [1.165, 1.54) is 11.7 Å². The number of hydrogen-bond donors (Lipinski definition) is 3. The summed E-state index contributed by atoms with van der Waals surface area (Å²) < 4.78 is 8.33. The number of hydroxylamine groups is 1. The Labute approximate surface area is 159 Å². The zero-order chi connectivity index (χ0) is 20.1. The summed E-state index contributed by atoms with van der Waals surface area (Å²) in [6.07, 6.45) is 3.24. The van der Waals surface area contributed by atoms with Crippen LogP contribution in [-0.2, 0) is 17.9 Å². The molecule has 3 N–H and O–H groups in total. The molecule has 0 atom stereocenters. The van der Waals surface area contributed by atoms with Gasteiger partial charge in [-0.3, -0.25) is 14.7 Å². The van der Waals surface area contributed by atoms with Gasteiger partial charge in [-0.1, -0.05) is 5.21 Å². The highest BCUT2D eigenvalue weighted by Gasteiger charge is 2.19. The van der Waals surface area contributed by atoms with Crippen molar-refractivity contribution in [2.45, 2.75) is 32.4 Å². The minimum atomic E-state index is -0.425. The van der Waals surface area contributed by atoms with Crippen molar-refractivity contribution in [3.63, 3.8) is 0 Å². The second-order valence-corrected chi connectivity index (χ2v) is 6.20. The SMILES string of the molecule is COc1ccc2c(c1)c(N=O)c(O)n2Cc1cn(CCCCC(=O)NO)nn1. The number of carbonyl (C=O) groups is 1. The number of fused-ring (bicyclic) bond motifs is 1. The summed E-state index contributed by atoms with van der Waals surface area (Å²) in [5.41, 5.74) is 2.75. The molecule has 0 fully saturated rings. The third-order valence-electron chi connectivity index (χ3n) is 4.38. The molecule has 0 unspecified atom stereocenters. The second kappa shape index (κ2) is 8.48. The van der Waals surface area contributed by atoms with Crippen molar-refractivity contribution in [2.24, 2.45) is 5.18 Å². The number of nitrogens with zero attached hydrogens (tertiary/aromatic N) is 5. The molecule has 2 aromatic heterocycles. The Kier molecular flexibility index (Phi) is 5.84. The molecule has 0 aliphatic rings. The Balaban J connectivity index is 1.75. The van der Waals surface area contributed by atoms with Gasteiger partial charge in [0.1, 0.15) is 11.4 Å². The van der Waals surface area contributed by atoms with E-state index in [4.69, 9.17) is 9.94 Å². The topological polar surface area (TPSA) is 144 Å². The molecule has 0 saturated carbocycles. The van der Waals surface area contributed by atoms with Crippen LogP contribution in [0.3, 0.4) is 0 Å². The normalized spacial score (nSPS) is 10.9. The van der Waals surface area contributed by atoms with Gasteiger partial charge in [-0.15, -0.1) is 10.0 Å². The Hall–Kier alpha value is -3.47. The molecule has 2 heterocycles. The average molecular weight is 388 g/mol. The van der Waals surface area contributed by atoms with Crippen molar-refractivity contribution in [1.29, 1.82) is 0 Å². The third-order valence-corrected chi connectivity index (χ3v) is 4.38. The maximum atomic E-state index is 11.2. The van der Waals surface area contributed by atoms with Crippen LogP contribution in [0.5, 0.6) is 11.6 Å². The fourth-order valence-electron chi connectivity index (χ4n) is 2.98. The van der Waals surface area contributed by atoms with Gasteiger partial charge >= 0.3 is 0 Å². The molecule has 0 aliphatic heterocycles. The number of rotatable bonds is 9. The number of aryl methyl sites for hydroxylation is 1. The van der Waals surface area contributed by atoms with E-state index in [1.807, 2.05) is 0 Å². The second-order valence-electron chi connectivity index (χ2n) is 6.20. The number of aromatic nitrogens is 4. The van der Waals surface area contributed by atoms with E-state index in [9.17, 15) is 14.8 Å². The summed E-state index contributed by atoms with van der Waals surface area (Å²) in [7, 11) is 1.51. The molecular weight excluding hydrogens is 368 g/mol. The highest BCUT2D eigenvalue weighted by atomic mass is 16.5. The number of hydrogen-bond acceptors (Lipinski definition) is 8. The smallest absolute Gasteiger partial charge is 0.243 e. The van der Waals surface area contributed by atoms with Crippen LogP contribution in [0, 0.1) is 4.91 Å². The summed E-state index contributed by atoms with van der Waals surface area (Å²) in [5, 5.41) is 30.4. The minimum Gasteiger partial charge on any atom is -0.497 e. The van der Waals surface area contributed by atoms with Crippen molar-refractivity contribution in [1.82, 2.24) is 25.0 Å². The van der Waals surface area contributed by atoms with Crippen molar-refractivity contribution < 1.29 is 19.8 Å². The zero-order valence-corrected chi connectivity index (χ0v) is 15.2. The number of nitroso groups, excluding NO2 is 1. The van der Waals surface area contributed by atoms with Crippen molar-refractivity contribution in [3.8, 4) is 11.6 Å². The Morgan fingerprint density at radius 2 is 2.18 bits per heavy atom. The van der Waals surface area contributed by atoms with Crippen LogP contribution in [0.4, 0.5) is 5.69 Å². The number of ether oxygens (including phenoxy) is 1. The van der Waals surface area contributed by atoms with Gasteiger partial charge in [0.05, 0.1) is 25.4 Å². The Morgan fingerprint density at radius 3 is 2.89 bits per heavy atom. The van der Waals surface area contributed by atoms with Crippen molar-refractivity contribution in [2.75, 3.05) is 7.11 Å². The molecule has 1 amide bonds. The van der Waals surface area contributed by atoms with E-state index >= 15 is 0 Å². The van der Waals surface area contributed by atoms with Crippen LogP contribution in [0.2, 0.25) is 0 Å². The molecule has 11 nitrogen and oxygen atoms in total. The highest BCUT2D eigenvalue weighted by Crippen LogP contribution is 2.40. The van der Waals surface area contributed by atoms with E-state index < -0.39 is 5.91 Å². The van der Waals surface area contributed by atoms with Gasteiger partial charge in [-0.05, 0) is 36.2 Å². The largest absolute Gasteiger partial charge is 0.497 e. The molecule has 0 radical (unpaired) electrons. The van der Waals surface area contributed by atoms with E-state index in [-0.39, 0.29) is 24.5 Å². The van der Waals surface area contributed by atoms with Crippen molar-refractivity contribution in [3.05, 3.63) is 35.0 Å². The third kappa shape index (κ3) is 3.93. The molecular formula is C17H20N6O5. The lowest BCUT2D eigenvalue weighted by atomic mass is 10.2. The first kappa shape index (κ1) is 19.3. The summed E-state index contributed by atoms with van der Waals surface area (Å²) in [4.78, 5) is 22.2. The average Bonchev–Trinajstić information content (AvgIpc) is 3.27. The van der Waals surface area contributed by atoms with Crippen LogP contribution in [0.1, 0.15) is 25.0 Å². The first-order chi connectivity index (χ1) is 13.6. The Bertz CT molecular complexity index is 995. The fourth-order valence-corrected chi connectivity index (χ4v) is 2.98.